The third-order valence-electron chi connectivity index (χ3n) is 4.83. The normalized spacial score (nSPS) is 17.4. The lowest BCUT2D eigenvalue weighted by Crippen LogP contribution is -2.43. The SMILES string of the molecule is Cc1cc(CN(C)C(=O)C2CCCN(c3nc4cc(Cl)ccc4o3)C2)no1. The number of nitrogens with zero attached hydrogens (tertiary/aromatic N) is 4. The number of halogens is 1. The van der Waals surface area contributed by atoms with Crippen LogP contribution in [0.4, 0.5) is 6.01 Å². The predicted molar refractivity (Wildman–Crippen MR) is 102 cm³/mol. The first-order valence-corrected chi connectivity index (χ1v) is 9.35. The first-order valence-electron chi connectivity index (χ1n) is 8.98. The van der Waals surface area contributed by atoms with E-state index in [2.05, 4.69) is 10.1 Å². The molecule has 4 rings (SSSR count). The van der Waals surface area contributed by atoms with Gasteiger partial charge in [0, 0.05) is 31.2 Å². The number of hydrogen-bond acceptors (Lipinski definition) is 6. The molecule has 1 unspecified atom stereocenters. The van der Waals surface area contributed by atoms with E-state index < -0.39 is 0 Å². The second kappa shape index (κ2) is 7.23. The van der Waals surface area contributed by atoms with Gasteiger partial charge in [0.25, 0.3) is 6.01 Å². The molecule has 1 aliphatic rings. The molecule has 3 aromatic rings. The molecule has 1 saturated heterocycles. The third-order valence-corrected chi connectivity index (χ3v) is 5.07. The zero-order chi connectivity index (χ0) is 19.0. The minimum absolute atomic E-state index is 0.0968. The number of oxazole rings is 1. The number of amides is 1. The van der Waals surface area contributed by atoms with Crippen LogP contribution in [0.2, 0.25) is 5.02 Å². The van der Waals surface area contributed by atoms with Crippen LogP contribution >= 0.6 is 11.6 Å². The van der Waals surface area contributed by atoms with Gasteiger partial charge in [-0.25, -0.2) is 0 Å². The molecular weight excluding hydrogens is 368 g/mol. The topological polar surface area (TPSA) is 75.6 Å². The molecule has 3 heterocycles. The van der Waals surface area contributed by atoms with Crippen LogP contribution in [0.1, 0.15) is 24.3 Å². The minimum atomic E-state index is -0.102. The predicted octanol–water partition coefficient (Wildman–Crippen LogP) is 3.65. The molecule has 2 aromatic heterocycles. The number of aryl methyl sites for hydroxylation is 1. The van der Waals surface area contributed by atoms with Crippen LogP contribution in [0.15, 0.2) is 33.2 Å². The van der Waals surface area contributed by atoms with Crippen molar-refractivity contribution in [3.8, 4) is 0 Å². The van der Waals surface area contributed by atoms with Gasteiger partial charge in [0.1, 0.15) is 17.0 Å². The number of piperidine rings is 1. The van der Waals surface area contributed by atoms with Crippen LogP contribution in [0.5, 0.6) is 0 Å². The molecule has 8 heteroatoms. The maximum atomic E-state index is 12.9. The van der Waals surface area contributed by atoms with Gasteiger partial charge in [-0.1, -0.05) is 16.8 Å². The summed E-state index contributed by atoms with van der Waals surface area (Å²) in [6, 6.07) is 7.76. The quantitative estimate of drug-likeness (QED) is 0.679. The highest BCUT2D eigenvalue weighted by atomic mass is 35.5. The molecule has 0 radical (unpaired) electrons. The highest BCUT2D eigenvalue weighted by Gasteiger charge is 2.30. The van der Waals surface area contributed by atoms with E-state index in [1.165, 1.54) is 0 Å². The van der Waals surface area contributed by atoms with Gasteiger partial charge in [0.2, 0.25) is 5.91 Å². The van der Waals surface area contributed by atoms with Gasteiger partial charge in [0.15, 0.2) is 5.58 Å². The first kappa shape index (κ1) is 17.9. The Morgan fingerprint density at radius 2 is 2.26 bits per heavy atom. The average Bonchev–Trinajstić information content (AvgIpc) is 3.26. The van der Waals surface area contributed by atoms with Gasteiger partial charge >= 0.3 is 0 Å². The fraction of sp³-hybridized carbons (Fsp3) is 0.421. The van der Waals surface area contributed by atoms with E-state index >= 15 is 0 Å². The van der Waals surface area contributed by atoms with Crippen LogP contribution in [0.25, 0.3) is 11.1 Å². The van der Waals surface area contributed by atoms with E-state index in [4.69, 9.17) is 20.5 Å². The first-order chi connectivity index (χ1) is 13.0. The van der Waals surface area contributed by atoms with Crippen molar-refractivity contribution < 1.29 is 13.7 Å². The molecule has 1 amide bonds. The molecule has 0 aliphatic carbocycles. The van der Waals surface area contributed by atoms with Crippen LogP contribution < -0.4 is 4.90 Å². The Kier molecular flexibility index (Phi) is 4.78. The molecule has 0 saturated carbocycles. The molecule has 1 aromatic carbocycles. The maximum absolute atomic E-state index is 12.9. The van der Waals surface area contributed by atoms with Gasteiger partial charge in [-0.3, -0.25) is 4.79 Å². The van der Waals surface area contributed by atoms with Crippen molar-refractivity contribution in [1.29, 1.82) is 0 Å². The fourth-order valence-corrected chi connectivity index (χ4v) is 3.67. The lowest BCUT2D eigenvalue weighted by atomic mass is 9.97. The van der Waals surface area contributed by atoms with Gasteiger partial charge in [-0.2, -0.15) is 4.98 Å². The highest BCUT2D eigenvalue weighted by molar-refractivity contribution is 6.31. The molecule has 142 valence electrons. The van der Waals surface area contributed by atoms with Crippen molar-refractivity contribution in [2.24, 2.45) is 5.92 Å². The summed E-state index contributed by atoms with van der Waals surface area (Å²) in [5.74, 6) is 0.737. The summed E-state index contributed by atoms with van der Waals surface area (Å²) in [5, 5.41) is 4.59. The molecule has 7 nitrogen and oxygen atoms in total. The van der Waals surface area contributed by atoms with Crippen molar-refractivity contribution in [2.45, 2.75) is 26.3 Å². The van der Waals surface area contributed by atoms with E-state index in [1.54, 1.807) is 24.1 Å². The van der Waals surface area contributed by atoms with E-state index in [0.717, 1.165) is 36.4 Å². The highest BCUT2D eigenvalue weighted by Crippen LogP contribution is 2.28. The van der Waals surface area contributed by atoms with Gasteiger partial charge in [0.05, 0.1) is 12.5 Å². The zero-order valence-electron chi connectivity index (χ0n) is 15.3. The largest absolute Gasteiger partial charge is 0.423 e. The molecule has 0 spiro atoms. The fourth-order valence-electron chi connectivity index (χ4n) is 3.50. The Labute approximate surface area is 161 Å². The molecule has 0 N–H and O–H groups in total. The third kappa shape index (κ3) is 3.78. The Morgan fingerprint density at radius 3 is 3.04 bits per heavy atom. The molecule has 0 bridgehead atoms. The Morgan fingerprint density at radius 1 is 1.41 bits per heavy atom. The second-order valence-corrected chi connectivity index (χ2v) is 7.45. The molecule has 1 fully saturated rings. The van der Waals surface area contributed by atoms with Crippen molar-refractivity contribution in [3.05, 3.63) is 40.7 Å². The summed E-state index contributed by atoms with van der Waals surface area (Å²) >= 11 is 6.02. The number of carbonyl (C=O) groups is 1. The summed E-state index contributed by atoms with van der Waals surface area (Å²) < 4.78 is 10.9. The number of hydrogen-bond donors (Lipinski definition) is 0. The van der Waals surface area contributed by atoms with Crippen LogP contribution in [0.3, 0.4) is 0 Å². The van der Waals surface area contributed by atoms with Crippen LogP contribution in [-0.2, 0) is 11.3 Å². The Hall–Kier alpha value is -2.54. The van der Waals surface area contributed by atoms with E-state index in [1.807, 2.05) is 24.0 Å². The van der Waals surface area contributed by atoms with Crippen LogP contribution in [0, 0.1) is 12.8 Å². The monoisotopic (exact) mass is 388 g/mol. The summed E-state index contributed by atoms with van der Waals surface area (Å²) in [6.07, 6.45) is 1.76. The Bertz CT molecular complexity index is 967. The number of carbonyl (C=O) groups excluding carboxylic acids is 1. The van der Waals surface area contributed by atoms with Crippen molar-refractivity contribution in [3.63, 3.8) is 0 Å². The minimum Gasteiger partial charge on any atom is -0.423 e. The van der Waals surface area contributed by atoms with Gasteiger partial charge in [-0.05, 0) is 38.0 Å². The molecule has 27 heavy (non-hydrogen) atoms. The molecule has 1 aliphatic heterocycles. The van der Waals surface area contributed by atoms with Crippen molar-refractivity contribution >= 4 is 34.6 Å². The number of rotatable bonds is 4. The Balaban J connectivity index is 1.45. The van der Waals surface area contributed by atoms with E-state index in [-0.39, 0.29) is 11.8 Å². The van der Waals surface area contributed by atoms with E-state index in [9.17, 15) is 4.79 Å². The van der Waals surface area contributed by atoms with Gasteiger partial charge in [-0.15, -0.1) is 0 Å². The standard InChI is InChI=1S/C19H21ClN4O3/c1-12-8-15(22-27-12)11-23(2)18(25)13-4-3-7-24(10-13)19-21-16-9-14(20)5-6-17(16)26-19/h5-6,8-9,13H,3-4,7,10-11H2,1-2H3. The summed E-state index contributed by atoms with van der Waals surface area (Å²) in [7, 11) is 1.80. The van der Waals surface area contributed by atoms with Crippen molar-refractivity contribution in [1.82, 2.24) is 15.0 Å². The van der Waals surface area contributed by atoms with Gasteiger partial charge < -0.3 is 18.7 Å². The van der Waals surface area contributed by atoms with E-state index in [0.29, 0.717) is 29.7 Å². The lowest BCUT2D eigenvalue weighted by Gasteiger charge is -2.32. The number of aromatic nitrogens is 2. The van der Waals surface area contributed by atoms with Crippen LogP contribution in [-0.4, -0.2) is 41.1 Å². The summed E-state index contributed by atoms with van der Waals surface area (Å²) in [6.45, 7) is 3.68. The van der Waals surface area contributed by atoms with Crippen molar-refractivity contribution in [2.75, 3.05) is 25.0 Å². The molecular formula is C19H21ClN4O3. The average molecular weight is 389 g/mol. The summed E-state index contributed by atoms with van der Waals surface area (Å²) in [5.41, 5.74) is 2.18. The lowest BCUT2D eigenvalue weighted by molar-refractivity contribution is -0.135. The number of fused-ring (bicyclic) bond motifs is 1. The molecule has 1 atom stereocenters. The number of anilines is 1. The zero-order valence-corrected chi connectivity index (χ0v) is 16.1. The maximum Gasteiger partial charge on any atom is 0.298 e. The summed E-state index contributed by atoms with van der Waals surface area (Å²) in [4.78, 5) is 21.2. The second-order valence-electron chi connectivity index (χ2n) is 7.02. The number of benzene rings is 1. The smallest absolute Gasteiger partial charge is 0.298 e.